The molecule has 0 aliphatic carbocycles. The summed E-state index contributed by atoms with van der Waals surface area (Å²) >= 11 is 0. The van der Waals surface area contributed by atoms with Crippen LogP contribution in [0.1, 0.15) is 32.6 Å². The highest BCUT2D eigenvalue weighted by Crippen LogP contribution is 2.09. The smallest absolute Gasteiger partial charge is 0.222 e. The molecule has 1 rings (SSSR count). The predicted octanol–water partition coefficient (Wildman–Crippen LogP) is 0.997. The van der Waals surface area contributed by atoms with Crippen LogP contribution >= 0.6 is 0 Å². The maximum Gasteiger partial charge on any atom is 0.222 e. The van der Waals surface area contributed by atoms with E-state index in [4.69, 9.17) is 0 Å². The molecule has 1 heterocycles. The number of nitrogens with zero attached hydrogens (tertiary/aromatic N) is 1. The zero-order valence-electron chi connectivity index (χ0n) is 8.68. The van der Waals surface area contributed by atoms with Crippen molar-refractivity contribution >= 4 is 5.91 Å². The molecule has 1 amide bonds. The molecule has 0 radical (unpaired) electrons. The van der Waals surface area contributed by atoms with Crippen LogP contribution in [0.5, 0.6) is 0 Å². The molecule has 1 fully saturated rings. The van der Waals surface area contributed by atoms with Gasteiger partial charge in [0.1, 0.15) is 0 Å². The van der Waals surface area contributed by atoms with Gasteiger partial charge in [-0.1, -0.05) is 6.92 Å². The molecule has 1 aliphatic heterocycles. The minimum atomic E-state index is 0.248. The van der Waals surface area contributed by atoms with Crippen molar-refractivity contribution in [1.29, 1.82) is 0 Å². The highest BCUT2D eigenvalue weighted by Gasteiger charge is 2.15. The van der Waals surface area contributed by atoms with Crippen LogP contribution in [0.3, 0.4) is 0 Å². The van der Waals surface area contributed by atoms with Gasteiger partial charge in [-0.25, -0.2) is 0 Å². The number of nitrogens with one attached hydrogen (secondary N) is 1. The molecular formula is C10H20N2O. The van der Waals surface area contributed by atoms with Crippen LogP contribution in [0.15, 0.2) is 0 Å². The van der Waals surface area contributed by atoms with Crippen molar-refractivity contribution < 1.29 is 4.79 Å². The summed E-state index contributed by atoms with van der Waals surface area (Å²) in [5.41, 5.74) is 0. The number of amides is 1. The summed E-state index contributed by atoms with van der Waals surface area (Å²) in [6, 6.07) is 0.645. The van der Waals surface area contributed by atoms with E-state index in [1.807, 2.05) is 18.9 Å². The maximum atomic E-state index is 11.2. The van der Waals surface area contributed by atoms with Gasteiger partial charge in [-0.2, -0.15) is 0 Å². The van der Waals surface area contributed by atoms with Crippen LogP contribution in [0.4, 0.5) is 0 Å². The molecule has 3 nitrogen and oxygen atoms in total. The summed E-state index contributed by atoms with van der Waals surface area (Å²) in [4.78, 5) is 13.1. The molecule has 0 spiro atoms. The highest BCUT2D eigenvalue weighted by molar-refractivity contribution is 5.75. The van der Waals surface area contributed by atoms with Gasteiger partial charge < -0.3 is 10.2 Å². The summed E-state index contributed by atoms with van der Waals surface area (Å²) in [7, 11) is 1.89. The molecule has 1 aliphatic rings. The third kappa shape index (κ3) is 3.35. The molecular weight excluding hydrogens is 164 g/mol. The Morgan fingerprint density at radius 1 is 1.62 bits per heavy atom. The Morgan fingerprint density at radius 3 is 2.92 bits per heavy atom. The SMILES string of the molecule is CCC(=O)N(C)CCC1CCCN1. The van der Waals surface area contributed by atoms with Crippen LogP contribution in [-0.4, -0.2) is 37.0 Å². The standard InChI is InChI=1S/C10H20N2O/c1-3-10(13)12(2)8-6-9-5-4-7-11-9/h9,11H,3-8H2,1-2H3. The topological polar surface area (TPSA) is 32.3 Å². The van der Waals surface area contributed by atoms with Crippen LogP contribution in [0.2, 0.25) is 0 Å². The first-order valence-corrected chi connectivity index (χ1v) is 5.21. The first-order valence-electron chi connectivity index (χ1n) is 5.21. The Balaban J connectivity index is 2.13. The quantitative estimate of drug-likeness (QED) is 0.707. The highest BCUT2D eigenvalue weighted by atomic mass is 16.2. The Bertz CT molecular complexity index is 164. The number of hydrogen-bond acceptors (Lipinski definition) is 2. The zero-order valence-corrected chi connectivity index (χ0v) is 8.68. The number of rotatable bonds is 4. The van der Waals surface area contributed by atoms with Gasteiger partial charge in [-0.3, -0.25) is 4.79 Å². The second kappa shape index (κ2) is 5.22. The number of hydrogen-bond donors (Lipinski definition) is 1. The number of carbonyl (C=O) groups is 1. The van der Waals surface area contributed by atoms with Crippen molar-refractivity contribution in [2.75, 3.05) is 20.1 Å². The molecule has 76 valence electrons. The van der Waals surface area contributed by atoms with Gasteiger partial charge in [0.25, 0.3) is 0 Å². The van der Waals surface area contributed by atoms with Gasteiger partial charge in [0.15, 0.2) is 0 Å². The third-order valence-electron chi connectivity index (χ3n) is 2.70. The average molecular weight is 184 g/mol. The van der Waals surface area contributed by atoms with Crippen LogP contribution < -0.4 is 5.32 Å². The van der Waals surface area contributed by atoms with Crippen molar-refractivity contribution in [2.24, 2.45) is 0 Å². The Labute approximate surface area is 80.5 Å². The van der Waals surface area contributed by atoms with Crippen LogP contribution in [0, 0.1) is 0 Å². The van der Waals surface area contributed by atoms with E-state index in [9.17, 15) is 4.79 Å². The summed E-state index contributed by atoms with van der Waals surface area (Å²) in [6.45, 7) is 3.95. The van der Waals surface area contributed by atoms with Crippen molar-refractivity contribution in [3.05, 3.63) is 0 Å². The number of carbonyl (C=O) groups excluding carboxylic acids is 1. The van der Waals surface area contributed by atoms with E-state index in [0.29, 0.717) is 12.5 Å². The zero-order chi connectivity index (χ0) is 9.68. The van der Waals surface area contributed by atoms with Gasteiger partial charge >= 0.3 is 0 Å². The summed E-state index contributed by atoms with van der Waals surface area (Å²) in [5, 5.41) is 3.43. The van der Waals surface area contributed by atoms with Gasteiger partial charge in [-0.15, -0.1) is 0 Å². The van der Waals surface area contributed by atoms with Crippen molar-refractivity contribution in [1.82, 2.24) is 10.2 Å². The molecule has 3 heteroatoms. The van der Waals surface area contributed by atoms with E-state index in [1.54, 1.807) is 0 Å². The molecule has 0 aromatic heterocycles. The van der Waals surface area contributed by atoms with E-state index in [1.165, 1.54) is 12.8 Å². The van der Waals surface area contributed by atoms with E-state index in [0.717, 1.165) is 19.5 Å². The van der Waals surface area contributed by atoms with Gasteiger partial charge in [0.05, 0.1) is 0 Å². The molecule has 1 N–H and O–H groups in total. The molecule has 0 saturated carbocycles. The minimum absolute atomic E-state index is 0.248. The molecule has 0 bridgehead atoms. The lowest BCUT2D eigenvalue weighted by molar-refractivity contribution is -0.129. The molecule has 1 saturated heterocycles. The van der Waals surface area contributed by atoms with Gasteiger partial charge in [0.2, 0.25) is 5.91 Å². The van der Waals surface area contributed by atoms with Crippen LogP contribution in [-0.2, 0) is 4.79 Å². The first-order chi connectivity index (χ1) is 6.24. The summed E-state index contributed by atoms with van der Waals surface area (Å²) in [5.74, 6) is 0.248. The van der Waals surface area contributed by atoms with Gasteiger partial charge in [0, 0.05) is 26.1 Å². The largest absolute Gasteiger partial charge is 0.346 e. The second-order valence-electron chi connectivity index (χ2n) is 3.75. The Morgan fingerprint density at radius 2 is 2.38 bits per heavy atom. The predicted molar refractivity (Wildman–Crippen MR) is 53.6 cm³/mol. The second-order valence-corrected chi connectivity index (χ2v) is 3.75. The fourth-order valence-electron chi connectivity index (χ4n) is 1.75. The molecule has 13 heavy (non-hydrogen) atoms. The summed E-state index contributed by atoms with van der Waals surface area (Å²) in [6.07, 6.45) is 4.28. The third-order valence-corrected chi connectivity index (χ3v) is 2.70. The fraction of sp³-hybridized carbons (Fsp3) is 0.900. The van der Waals surface area contributed by atoms with Crippen molar-refractivity contribution in [3.8, 4) is 0 Å². The molecule has 1 atom stereocenters. The summed E-state index contributed by atoms with van der Waals surface area (Å²) < 4.78 is 0. The van der Waals surface area contributed by atoms with E-state index in [-0.39, 0.29) is 5.91 Å². The lowest BCUT2D eigenvalue weighted by Crippen LogP contribution is -2.31. The molecule has 0 aromatic carbocycles. The van der Waals surface area contributed by atoms with Gasteiger partial charge in [-0.05, 0) is 25.8 Å². The van der Waals surface area contributed by atoms with E-state index >= 15 is 0 Å². The normalized spacial score (nSPS) is 21.8. The molecule has 0 aromatic rings. The van der Waals surface area contributed by atoms with Crippen molar-refractivity contribution in [3.63, 3.8) is 0 Å². The lowest BCUT2D eigenvalue weighted by Gasteiger charge is -2.18. The lowest BCUT2D eigenvalue weighted by atomic mass is 10.1. The minimum Gasteiger partial charge on any atom is -0.346 e. The molecule has 1 unspecified atom stereocenters. The Hall–Kier alpha value is -0.570. The van der Waals surface area contributed by atoms with E-state index in [2.05, 4.69) is 5.32 Å². The van der Waals surface area contributed by atoms with Crippen molar-refractivity contribution in [2.45, 2.75) is 38.6 Å². The monoisotopic (exact) mass is 184 g/mol. The van der Waals surface area contributed by atoms with E-state index < -0.39 is 0 Å². The Kier molecular flexibility index (Phi) is 4.22. The average Bonchev–Trinajstić information content (AvgIpc) is 2.65. The van der Waals surface area contributed by atoms with Crippen LogP contribution in [0.25, 0.3) is 0 Å². The maximum absolute atomic E-state index is 11.2. The fourth-order valence-corrected chi connectivity index (χ4v) is 1.75. The first kappa shape index (κ1) is 10.5.